The van der Waals surface area contributed by atoms with E-state index in [1.807, 2.05) is 63.2 Å². The molecule has 2 rings (SSSR count). The molecule has 6 heteroatoms. The van der Waals surface area contributed by atoms with Gasteiger partial charge in [-0.3, -0.25) is 9.59 Å². The maximum atomic E-state index is 13.1. The van der Waals surface area contributed by atoms with Crippen molar-refractivity contribution in [2.45, 2.75) is 64.1 Å². The average molecular weight is 447 g/mol. The Morgan fingerprint density at radius 2 is 1.83 bits per heavy atom. The highest BCUT2D eigenvalue weighted by molar-refractivity contribution is 7.99. The predicted molar refractivity (Wildman–Crippen MR) is 126 cm³/mol. The standard InChI is InChI=1S/C24H31ClN2O2S/c1-5-18(3)26-24(29)19(4)27(16-20-8-6-7-17(2)15-20)23(28)13-14-30-22-11-9-21(25)10-12-22/h6-12,15,18-19H,5,13-14,16H2,1-4H3,(H,26,29)/t18-,19-/m0/s1. The number of amides is 2. The van der Waals surface area contributed by atoms with E-state index >= 15 is 0 Å². The second kappa shape index (κ2) is 12.0. The van der Waals surface area contributed by atoms with Gasteiger partial charge in [-0.25, -0.2) is 0 Å². The van der Waals surface area contributed by atoms with Crippen molar-refractivity contribution in [1.82, 2.24) is 10.2 Å². The maximum Gasteiger partial charge on any atom is 0.242 e. The van der Waals surface area contributed by atoms with Crippen molar-refractivity contribution in [2.75, 3.05) is 5.75 Å². The Morgan fingerprint density at radius 3 is 2.47 bits per heavy atom. The summed E-state index contributed by atoms with van der Waals surface area (Å²) in [6, 6.07) is 15.2. The number of rotatable bonds is 10. The zero-order chi connectivity index (χ0) is 22.1. The SMILES string of the molecule is CC[C@H](C)NC(=O)[C@H](C)N(Cc1cccc(C)c1)C(=O)CCSc1ccc(Cl)cc1. The molecule has 2 amide bonds. The second-order valence-corrected chi connectivity index (χ2v) is 9.16. The lowest BCUT2D eigenvalue weighted by Gasteiger charge is -2.30. The molecular formula is C24H31ClN2O2S. The molecule has 162 valence electrons. The molecule has 2 aromatic rings. The van der Waals surface area contributed by atoms with E-state index in [9.17, 15) is 9.59 Å². The number of nitrogens with zero attached hydrogens (tertiary/aromatic N) is 1. The van der Waals surface area contributed by atoms with Crippen molar-refractivity contribution in [3.8, 4) is 0 Å². The van der Waals surface area contributed by atoms with Crippen LogP contribution in [0.4, 0.5) is 0 Å². The Hall–Kier alpha value is -1.98. The van der Waals surface area contributed by atoms with E-state index in [4.69, 9.17) is 11.6 Å². The third-order valence-corrected chi connectivity index (χ3v) is 6.27. The van der Waals surface area contributed by atoms with Gasteiger partial charge < -0.3 is 10.2 Å². The van der Waals surface area contributed by atoms with Gasteiger partial charge in [-0.15, -0.1) is 11.8 Å². The molecule has 0 aliphatic heterocycles. The fraction of sp³-hybridized carbons (Fsp3) is 0.417. The Morgan fingerprint density at radius 1 is 1.13 bits per heavy atom. The first-order valence-electron chi connectivity index (χ1n) is 10.3. The van der Waals surface area contributed by atoms with Crippen LogP contribution in [0.25, 0.3) is 0 Å². The van der Waals surface area contributed by atoms with Crippen molar-refractivity contribution in [3.63, 3.8) is 0 Å². The fourth-order valence-electron chi connectivity index (χ4n) is 2.99. The van der Waals surface area contributed by atoms with Crippen LogP contribution in [0, 0.1) is 6.92 Å². The smallest absolute Gasteiger partial charge is 0.242 e. The summed E-state index contributed by atoms with van der Waals surface area (Å²) in [7, 11) is 0. The van der Waals surface area contributed by atoms with Crippen LogP contribution in [0.1, 0.15) is 44.7 Å². The third kappa shape index (κ3) is 7.69. The van der Waals surface area contributed by atoms with E-state index < -0.39 is 6.04 Å². The van der Waals surface area contributed by atoms with E-state index in [2.05, 4.69) is 11.4 Å². The van der Waals surface area contributed by atoms with E-state index in [0.29, 0.717) is 23.7 Å². The van der Waals surface area contributed by atoms with E-state index in [1.54, 1.807) is 23.6 Å². The lowest BCUT2D eigenvalue weighted by Crippen LogP contribution is -2.49. The highest BCUT2D eigenvalue weighted by atomic mass is 35.5. The number of aryl methyl sites for hydroxylation is 1. The summed E-state index contributed by atoms with van der Waals surface area (Å²) in [4.78, 5) is 28.6. The van der Waals surface area contributed by atoms with Crippen molar-refractivity contribution in [1.29, 1.82) is 0 Å². The molecule has 2 aromatic carbocycles. The largest absolute Gasteiger partial charge is 0.352 e. The van der Waals surface area contributed by atoms with Crippen LogP contribution in [-0.4, -0.2) is 34.6 Å². The number of carbonyl (C=O) groups is 2. The first kappa shape index (κ1) is 24.3. The molecule has 0 aliphatic carbocycles. The summed E-state index contributed by atoms with van der Waals surface area (Å²) in [6.07, 6.45) is 1.21. The van der Waals surface area contributed by atoms with Gasteiger partial charge in [0.2, 0.25) is 11.8 Å². The van der Waals surface area contributed by atoms with Gasteiger partial charge in [0, 0.05) is 34.7 Å². The van der Waals surface area contributed by atoms with Gasteiger partial charge in [-0.2, -0.15) is 0 Å². The molecule has 0 fully saturated rings. The highest BCUT2D eigenvalue weighted by Crippen LogP contribution is 2.22. The van der Waals surface area contributed by atoms with Crippen LogP contribution >= 0.6 is 23.4 Å². The van der Waals surface area contributed by atoms with Crippen LogP contribution in [0.15, 0.2) is 53.4 Å². The molecule has 0 radical (unpaired) electrons. The second-order valence-electron chi connectivity index (χ2n) is 7.56. The van der Waals surface area contributed by atoms with Gasteiger partial charge >= 0.3 is 0 Å². The predicted octanol–water partition coefficient (Wildman–Crippen LogP) is 5.46. The monoisotopic (exact) mass is 446 g/mol. The topological polar surface area (TPSA) is 49.4 Å². The lowest BCUT2D eigenvalue weighted by molar-refractivity contribution is -0.140. The number of benzene rings is 2. The molecule has 0 saturated carbocycles. The van der Waals surface area contributed by atoms with E-state index in [0.717, 1.165) is 22.4 Å². The first-order valence-corrected chi connectivity index (χ1v) is 11.7. The molecule has 0 spiro atoms. The Bertz CT molecular complexity index is 841. The Balaban J connectivity index is 2.07. The summed E-state index contributed by atoms with van der Waals surface area (Å²) >= 11 is 7.54. The molecular weight excluding hydrogens is 416 g/mol. The molecule has 0 unspecified atom stereocenters. The van der Waals surface area contributed by atoms with E-state index in [1.165, 1.54) is 0 Å². The first-order chi connectivity index (χ1) is 14.3. The Labute approximate surface area is 189 Å². The van der Waals surface area contributed by atoms with Crippen molar-refractivity contribution < 1.29 is 9.59 Å². The van der Waals surface area contributed by atoms with Crippen LogP contribution < -0.4 is 5.32 Å². The van der Waals surface area contributed by atoms with Gasteiger partial charge in [-0.05, 0) is 57.0 Å². The molecule has 30 heavy (non-hydrogen) atoms. The summed E-state index contributed by atoms with van der Waals surface area (Å²) in [6.45, 7) is 8.25. The number of hydrogen-bond acceptors (Lipinski definition) is 3. The van der Waals surface area contributed by atoms with Crippen molar-refractivity contribution >= 4 is 35.2 Å². The zero-order valence-corrected chi connectivity index (χ0v) is 19.7. The zero-order valence-electron chi connectivity index (χ0n) is 18.2. The molecule has 0 aromatic heterocycles. The maximum absolute atomic E-state index is 13.1. The van der Waals surface area contributed by atoms with Crippen LogP contribution in [0.3, 0.4) is 0 Å². The fourth-order valence-corrected chi connectivity index (χ4v) is 3.95. The highest BCUT2D eigenvalue weighted by Gasteiger charge is 2.26. The molecule has 0 bridgehead atoms. The van der Waals surface area contributed by atoms with Gasteiger partial charge in [0.15, 0.2) is 0 Å². The number of carbonyl (C=O) groups excluding carboxylic acids is 2. The Kier molecular flexibility index (Phi) is 9.73. The van der Waals surface area contributed by atoms with Gasteiger partial charge in [0.25, 0.3) is 0 Å². The van der Waals surface area contributed by atoms with Crippen LogP contribution in [-0.2, 0) is 16.1 Å². The van der Waals surface area contributed by atoms with Gasteiger partial charge in [0.1, 0.15) is 6.04 Å². The minimum Gasteiger partial charge on any atom is -0.352 e. The number of nitrogens with one attached hydrogen (secondary N) is 1. The summed E-state index contributed by atoms with van der Waals surface area (Å²) in [5, 5.41) is 3.69. The van der Waals surface area contributed by atoms with Gasteiger partial charge in [0.05, 0.1) is 0 Å². The molecule has 1 N–H and O–H groups in total. The molecule has 0 heterocycles. The molecule has 0 saturated heterocycles. The lowest BCUT2D eigenvalue weighted by atomic mass is 10.1. The summed E-state index contributed by atoms with van der Waals surface area (Å²) in [5.74, 6) is 0.505. The summed E-state index contributed by atoms with van der Waals surface area (Å²) < 4.78 is 0. The number of halogens is 1. The summed E-state index contributed by atoms with van der Waals surface area (Å²) in [5.41, 5.74) is 2.16. The molecule has 4 nitrogen and oxygen atoms in total. The van der Waals surface area contributed by atoms with Crippen molar-refractivity contribution in [3.05, 3.63) is 64.7 Å². The van der Waals surface area contributed by atoms with E-state index in [-0.39, 0.29) is 17.9 Å². The molecule has 0 aliphatic rings. The minimum atomic E-state index is -0.535. The average Bonchev–Trinajstić information content (AvgIpc) is 2.72. The third-order valence-electron chi connectivity index (χ3n) is 5.00. The minimum absolute atomic E-state index is 0.0234. The normalized spacial score (nSPS) is 12.8. The van der Waals surface area contributed by atoms with Crippen LogP contribution in [0.2, 0.25) is 5.02 Å². The van der Waals surface area contributed by atoms with Gasteiger partial charge in [-0.1, -0.05) is 48.4 Å². The quantitative estimate of drug-likeness (QED) is 0.493. The van der Waals surface area contributed by atoms with Crippen molar-refractivity contribution in [2.24, 2.45) is 0 Å². The number of thioether (sulfide) groups is 1. The van der Waals surface area contributed by atoms with Crippen LogP contribution in [0.5, 0.6) is 0 Å². The molecule has 2 atom stereocenters. The number of hydrogen-bond donors (Lipinski definition) is 1.